The first-order chi connectivity index (χ1) is 12.7. The molecule has 4 rings (SSSR count). The molecule has 0 saturated carbocycles. The summed E-state index contributed by atoms with van der Waals surface area (Å²) in [4.78, 5) is 21.4. The van der Waals surface area contributed by atoms with Crippen molar-refractivity contribution in [2.45, 2.75) is 6.04 Å². The molecule has 0 spiro atoms. The number of likely N-dealkylation sites (N-methyl/N-ethyl adjacent to an activating group) is 1. The second-order valence-electron chi connectivity index (χ2n) is 6.45. The second-order valence-corrected chi connectivity index (χ2v) is 6.45. The van der Waals surface area contributed by atoms with E-state index in [0.29, 0.717) is 32.2 Å². The number of piperazine rings is 1. The average Bonchev–Trinajstić information content (AvgIpc) is 3.28. The van der Waals surface area contributed by atoms with Crippen molar-refractivity contribution in [3.8, 4) is 0 Å². The lowest BCUT2D eigenvalue weighted by atomic mass is 10.1. The lowest BCUT2D eigenvalue weighted by Crippen LogP contribution is -2.51. The Balaban J connectivity index is 1.43. The molecule has 1 N–H and O–H groups in total. The first-order valence-corrected chi connectivity index (χ1v) is 8.71. The Morgan fingerprint density at radius 3 is 2.65 bits per heavy atom. The van der Waals surface area contributed by atoms with Crippen molar-refractivity contribution in [1.29, 1.82) is 0 Å². The van der Waals surface area contributed by atoms with E-state index in [9.17, 15) is 4.79 Å². The smallest absolute Gasteiger partial charge is 0.298 e. The molecule has 1 amide bonds. The van der Waals surface area contributed by atoms with E-state index in [1.54, 1.807) is 17.9 Å². The summed E-state index contributed by atoms with van der Waals surface area (Å²) in [7, 11) is 3.64. The third-order valence-corrected chi connectivity index (χ3v) is 4.74. The molecule has 1 fully saturated rings. The van der Waals surface area contributed by atoms with Crippen molar-refractivity contribution in [3.05, 3.63) is 42.2 Å². The summed E-state index contributed by atoms with van der Waals surface area (Å²) in [6, 6.07) is 7.98. The number of carbonyl (C=O) groups excluding carboxylic acids is 1. The summed E-state index contributed by atoms with van der Waals surface area (Å²) in [6.45, 7) is 2.66. The van der Waals surface area contributed by atoms with Crippen LogP contribution in [0.4, 0.5) is 6.01 Å². The van der Waals surface area contributed by atoms with Crippen LogP contribution in [-0.4, -0.2) is 58.8 Å². The van der Waals surface area contributed by atoms with Gasteiger partial charge in [0.1, 0.15) is 11.6 Å². The van der Waals surface area contributed by atoms with Gasteiger partial charge in [-0.05, 0) is 19.2 Å². The second kappa shape index (κ2) is 6.80. The molecule has 0 bridgehead atoms. The molecule has 1 aliphatic heterocycles. The number of benzene rings is 1. The van der Waals surface area contributed by atoms with E-state index in [4.69, 9.17) is 4.42 Å². The number of amides is 1. The SMILES string of the molecule is CNC(C(=O)N1CCN(c2nc3ccccc3o2)CC1)c1cnn(C)c1. The lowest BCUT2D eigenvalue weighted by molar-refractivity contribution is -0.133. The number of anilines is 1. The van der Waals surface area contributed by atoms with Crippen LogP contribution < -0.4 is 10.2 Å². The molecule has 1 aliphatic rings. The third kappa shape index (κ3) is 3.03. The van der Waals surface area contributed by atoms with E-state index in [2.05, 4.69) is 20.3 Å². The van der Waals surface area contributed by atoms with Crippen LogP contribution in [0.2, 0.25) is 0 Å². The van der Waals surface area contributed by atoms with Gasteiger partial charge in [0.2, 0.25) is 5.91 Å². The van der Waals surface area contributed by atoms with Gasteiger partial charge in [0.25, 0.3) is 6.01 Å². The van der Waals surface area contributed by atoms with Gasteiger partial charge in [-0.3, -0.25) is 9.48 Å². The van der Waals surface area contributed by atoms with Crippen molar-refractivity contribution in [3.63, 3.8) is 0 Å². The number of aryl methyl sites for hydroxylation is 1. The molecule has 26 heavy (non-hydrogen) atoms. The normalized spacial score (nSPS) is 16.2. The molecule has 8 heteroatoms. The van der Waals surface area contributed by atoms with E-state index >= 15 is 0 Å². The van der Waals surface area contributed by atoms with Crippen LogP contribution in [-0.2, 0) is 11.8 Å². The van der Waals surface area contributed by atoms with Gasteiger partial charge in [-0.25, -0.2) is 0 Å². The first-order valence-electron chi connectivity index (χ1n) is 8.71. The van der Waals surface area contributed by atoms with Crippen LogP contribution in [0.15, 0.2) is 41.1 Å². The number of fused-ring (bicyclic) bond motifs is 1. The lowest BCUT2D eigenvalue weighted by Gasteiger charge is -2.35. The number of hydrogen-bond acceptors (Lipinski definition) is 6. The van der Waals surface area contributed by atoms with Crippen LogP contribution in [0.3, 0.4) is 0 Å². The fraction of sp³-hybridized carbons (Fsp3) is 0.389. The summed E-state index contributed by atoms with van der Waals surface area (Å²) >= 11 is 0. The molecule has 1 unspecified atom stereocenters. The maximum atomic E-state index is 12.9. The van der Waals surface area contributed by atoms with Gasteiger partial charge in [0.05, 0.1) is 6.20 Å². The summed E-state index contributed by atoms with van der Waals surface area (Å²) < 4.78 is 7.54. The van der Waals surface area contributed by atoms with Crippen LogP contribution in [0, 0.1) is 0 Å². The van der Waals surface area contributed by atoms with Crippen molar-refractivity contribution < 1.29 is 9.21 Å². The fourth-order valence-corrected chi connectivity index (χ4v) is 3.32. The molecular formula is C18H22N6O2. The van der Waals surface area contributed by atoms with Crippen molar-refractivity contribution in [1.82, 2.24) is 25.0 Å². The van der Waals surface area contributed by atoms with Gasteiger partial charge >= 0.3 is 0 Å². The molecular weight excluding hydrogens is 332 g/mol. The van der Waals surface area contributed by atoms with Crippen molar-refractivity contribution in [2.75, 3.05) is 38.1 Å². The van der Waals surface area contributed by atoms with Crippen LogP contribution in [0.5, 0.6) is 0 Å². The number of rotatable bonds is 4. The predicted octanol–water partition coefficient (Wildman–Crippen LogP) is 1.17. The molecule has 1 atom stereocenters. The molecule has 3 aromatic rings. The predicted molar refractivity (Wildman–Crippen MR) is 97.8 cm³/mol. The number of hydrogen-bond donors (Lipinski definition) is 1. The monoisotopic (exact) mass is 354 g/mol. The average molecular weight is 354 g/mol. The molecule has 1 saturated heterocycles. The van der Waals surface area contributed by atoms with E-state index in [1.807, 2.05) is 42.4 Å². The minimum Gasteiger partial charge on any atom is -0.423 e. The number of aromatic nitrogens is 3. The molecule has 3 heterocycles. The number of nitrogens with one attached hydrogen (secondary N) is 1. The number of carbonyl (C=O) groups is 1. The maximum Gasteiger partial charge on any atom is 0.298 e. The van der Waals surface area contributed by atoms with Crippen molar-refractivity contribution in [2.24, 2.45) is 7.05 Å². The van der Waals surface area contributed by atoms with Gasteiger partial charge in [0, 0.05) is 45.0 Å². The Morgan fingerprint density at radius 1 is 1.23 bits per heavy atom. The van der Waals surface area contributed by atoms with Gasteiger partial charge in [-0.1, -0.05) is 12.1 Å². The molecule has 2 aromatic heterocycles. The molecule has 8 nitrogen and oxygen atoms in total. The van der Waals surface area contributed by atoms with Gasteiger partial charge in [-0.15, -0.1) is 0 Å². The third-order valence-electron chi connectivity index (χ3n) is 4.74. The summed E-state index contributed by atoms with van der Waals surface area (Å²) in [6.07, 6.45) is 3.60. The fourth-order valence-electron chi connectivity index (χ4n) is 3.32. The van der Waals surface area contributed by atoms with Gasteiger partial charge < -0.3 is 19.5 Å². The summed E-state index contributed by atoms with van der Waals surface area (Å²) in [5, 5.41) is 7.26. The Bertz CT molecular complexity index is 876. The maximum absolute atomic E-state index is 12.9. The molecule has 0 aliphatic carbocycles. The number of oxazole rings is 1. The molecule has 0 radical (unpaired) electrons. The highest BCUT2D eigenvalue weighted by Gasteiger charge is 2.29. The zero-order chi connectivity index (χ0) is 18.1. The van der Waals surface area contributed by atoms with Crippen LogP contribution in [0.25, 0.3) is 11.1 Å². The zero-order valence-corrected chi connectivity index (χ0v) is 14.9. The largest absolute Gasteiger partial charge is 0.423 e. The van der Waals surface area contributed by atoms with Crippen LogP contribution in [0.1, 0.15) is 11.6 Å². The van der Waals surface area contributed by atoms with E-state index in [-0.39, 0.29) is 11.9 Å². The highest BCUT2D eigenvalue weighted by Crippen LogP contribution is 2.23. The quantitative estimate of drug-likeness (QED) is 0.758. The Hall–Kier alpha value is -2.87. The van der Waals surface area contributed by atoms with E-state index < -0.39 is 0 Å². The van der Waals surface area contributed by atoms with Crippen LogP contribution >= 0.6 is 0 Å². The van der Waals surface area contributed by atoms with Gasteiger partial charge in [0.15, 0.2) is 5.58 Å². The standard InChI is InChI=1S/C18H22N6O2/c1-19-16(13-11-20-22(2)12-13)17(25)23-7-9-24(10-8-23)18-21-14-5-3-4-6-15(14)26-18/h3-6,11-12,16,19H,7-10H2,1-2H3. The number of para-hydroxylation sites is 2. The van der Waals surface area contributed by atoms with Crippen molar-refractivity contribution >= 4 is 23.0 Å². The minimum absolute atomic E-state index is 0.0673. The Labute approximate surface area is 151 Å². The molecule has 136 valence electrons. The summed E-state index contributed by atoms with van der Waals surface area (Å²) in [5.41, 5.74) is 2.52. The van der Waals surface area contributed by atoms with E-state index in [0.717, 1.165) is 16.7 Å². The topological polar surface area (TPSA) is 79.4 Å². The minimum atomic E-state index is -0.375. The van der Waals surface area contributed by atoms with E-state index in [1.165, 1.54) is 0 Å². The number of nitrogens with zero attached hydrogens (tertiary/aromatic N) is 5. The first kappa shape index (κ1) is 16.6. The van der Waals surface area contributed by atoms with Gasteiger partial charge in [-0.2, -0.15) is 10.1 Å². The highest BCUT2D eigenvalue weighted by atomic mass is 16.4. The highest BCUT2D eigenvalue weighted by molar-refractivity contribution is 5.83. The Morgan fingerprint density at radius 2 is 2.00 bits per heavy atom. The zero-order valence-electron chi connectivity index (χ0n) is 14.9. The summed E-state index contributed by atoms with van der Waals surface area (Å²) in [5.74, 6) is 0.0673. The Kier molecular flexibility index (Phi) is 4.34. The molecule has 1 aromatic carbocycles.